The summed E-state index contributed by atoms with van der Waals surface area (Å²) in [7, 11) is 1.60. The highest BCUT2D eigenvalue weighted by Gasteiger charge is 2.20. The highest BCUT2D eigenvalue weighted by atomic mass is 16.5. The van der Waals surface area contributed by atoms with Gasteiger partial charge in [0.1, 0.15) is 5.75 Å². The van der Waals surface area contributed by atoms with Crippen molar-refractivity contribution in [3.05, 3.63) is 70.6 Å². The quantitative estimate of drug-likeness (QED) is 0.617. The number of hydrogen-bond acceptors (Lipinski definition) is 3. The number of methoxy groups -OCH3 is 1. The molecule has 0 aliphatic carbocycles. The lowest BCUT2D eigenvalue weighted by atomic mass is 10.1. The van der Waals surface area contributed by atoms with Crippen molar-refractivity contribution in [2.45, 2.75) is 26.7 Å². The molecule has 1 amide bonds. The van der Waals surface area contributed by atoms with Crippen molar-refractivity contribution in [1.29, 1.82) is 0 Å². The second kappa shape index (κ2) is 8.74. The Labute approximate surface area is 165 Å². The molecule has 1 heterocycles. The van der Waals surface area contributed by atoms with E-state index >= 15 is 0 Å². The second-order valence-electron chi connectivity index (χ2n) is 6.75. The molecule has 5 nitrogen and oxygen atoms in total. The molecule has 5 heteroatoms. The van der Waals surface area contributed by atoms with Crippen molar-refractivity contribution in [3.63, 3.8) is 0 Å². The summed E-state index contributed by atoms with van der Waals surface area (Å²) in [6.45, 7) is 5.52. The SMILES string of the molecule is CCCN(CCC)C(=O)c1cn(-c2ccc(OC)cc2)c(=O)c2ccccc12. The van der Waals surface area contributed by atoms with Crippen molar-refractivity contribution in [3.8, 4) is 11.4 Å². The average Bonchev–Trinajstić information content (AvgIpc) is 2.74. The van der Waals surface area contributed by atoms with Crippen LogP contribution in [0.25, 0.3) is 16.5 Å². The zero-order valence-electron chi connectivity index (χ0n) is 16.6. The van der Waals surface area contributed by atoms with Gasteiger partial charge in [0.25, 0.3) is 11.5 Å². The van der Waals surface area contributed by atoms with Gasteiger partial charge in [-0.3, -0.25) is 14.2 Å². The molecule has 0 atom stereocenters. The first-order valence-electron chi connectivity index (χ1n) is 9.68. The van der Waals surface area contributed by atoms with Crippen LogP contribution in [0.4, 0.5) is 0 Å². The molecule has 3 aromatic rings. The Morgan fingerprint density at radius 3 is 2.14 bits per heavy atom. The number of rotatable bonds is 7. The Morgan fingerprint density at radius 1 is 0.964 bits per heavy atom. The highest BCUT2D eigenvalue weighted by Crippen LogP contribution is 2.21. The lowest BCUT2D eigenvalue weighted by Crippen LogP contribution is -2.33. The third-order valence-corrected chi connectivity index (χ3v) is 4.78. The molecular formula is C23H26N2O3. The average molecular weight is 378 g/mol. The highest BCUT2D eigenvalue weighted by molar-refractivity contribution is 6.06. The van der Waals surface area contributed by atoms with E-state index in [0.717, 1.165) is 12.8 Å². The molecule has 0 unspecified atom stereocenters. The summed E-state index contributed by atoms with van der Waals surface area (Å²) >= 11 is 0. The van der Waals surface area contributed by atoms with Gasteiger partial charge >= 0.3 is 0 Å². The van der Waals surface area contributed by atoms with Crippen LogP contribution in [0.15, 0.2) is 59.5 Å². The van der Waals surface area contributed by atoms with Crippen LogP contribution in [0.3, 0.4) is 0 Å². The predicted octanol–water partition coefficient (Wildman–Crippen LogP) is 4.26. The number of pyridine rings is 1. The third kappa shape index (κ3) is 3.79. The second-order valence-corrected chi connectivity index (χ2v) is 6.75. The van der Waals surface area contributed by atoms with Crippen LogP contribution in [0.2, 0.25) is 0 Å². The van der Waals surface area contributed by atoms with E-state index in [1.165, 1.54) is 0 Å². The fourth-order valence-electron chi connectivity index (χ4n) is 3.42. The van der Waals surface area contributed by atoms with E-state index in [0.29, 0.717) is 40.9 Å². The van der Waals surface area contributed by atoms with Gasteiger partial charge in [-0.25, -0.2) is 0 Å². The van der Waals surface area contributed by atoms with Gasteiger partial charge < -0.3 is 9.64 Å². The summed E-state index contributed by atoms with van der Waals surface area (Å²) in [4.78, 5) is 28.3. The van der Waals surface area contributed by atoms with E-state index in [-0.39, 0.29) is 11.5 Å². The maximum Gasteiger partial charge on any atom is 0.262 e. The molecule has 0 bridgehead atoms. The van der Waals surface area contributed by atoms with Crippen molar-refractivity contribution >= 4 is 16.7 Å². The Kier molecular flexibility index (Phi) is 6.14. The van der Waals surface area contributed by atoms with Crippen LogP contribution in [-0.2, 0) is 0 Å². The summed E-state index contributed by atoms with van der Waals surface area (Å²) in [6.07, 6.45) is 3.46. The largest absolute Gasteiger partial charge is 0.497 e. The van der Waals surface area contributed by atoms with Crippen molar-refractivity contribution in [1.82, 2.24) is 9.47 Å². The molecule has 146 valence electrons. The number of carbonyl (C=O) groups is 1. The molecule has 0 spiro atoms. The zero-order chi connectivity index (χ0) is 20.1. The van der Waals surface area contributed by atoms with Gasteiger partial charge in [-0.2, -0.15) is 0 Å². The van der Waals surface area contributed by atoms with Gasteiger partial charge in [0, 0.05) is 35.7 Å². The molecule has 0 radical (unpaired) electrons. The summed E-state index contributed by atoms with van der Waals surface area (Å²) in [5.74, 6) is 0.674. The number of aromatic nitrogens is 1. The van der Waals surface area contributed by atoms with Gasteiger partial charge in [0.15, 0.2) is 0 Å². The number of amides is 1. The van der Waals surface area contributed by atoms with Crippen molar-refractivity contribution in [2.24, 2.45) is 0 Å². The third-order valence-electron chi connectivity index (χ3n) is 4.78. The molecular weight excluding hydrogens is 352 g/mol. The van der Waals surface area contributed by atoms with Crippen LogP contribution in [-0.4, -0.2) is 35.6 Å². The first kappa shape index (κ1) is 19.7. The van der Waals surface area contributed by atoms with Crippen LogP contribution in [0.5, 0.6) is 5.75 Å². The lowest BCUT2D eigenvalue weighted by Gasteiger charge is -2.23. The number of nitrogens with zero attached hydrogens (tertiary/aromatic N) is 2. The number of carbonyl (C=O) groups excluding carboxylic acids is 1. The minimum atomic E-state index is -0.144. The molecule has 28 heavy (non-hydrogen) atoms. The standard InChI is InChI=1S/C23H26N2O3/c1-4-14-24(15-5-2)22(26)21-16-25(17-10-12-18(28-3)13-11-17)23(27)20-9-7-6-8-19(20)21/h6-13,16H,4-5,14-15H2,1-3H3. The molecule has 3 rings (SSSR count). The predicted molar refractivity (Wildman–Crippen MR) is 113 cm³/mol. The van der Waals surface area contributed by atoms with E-state index in [2.05, 4.69) is 13.8 Å². The molecule has 0 saturated heterocycles. The van der Waals surface area contributed by atoms with Gasteiger partial charge in [-0.1, -0.05) is 32.0 Å². The molecule has 0 saturated carbocycles. The minimum Gasteiger partial charge on any atom is -0.497 e. The van der Waals surface area contributed by atoms with E-state index in [1.807, 2.05) is 35.2 Å². The number of ether oxygens (including phenoxy) is 1. The van der Waals surface area contributed by atoms with Crippen LogP contribution >= 0.6 is 0 Å². The first-order chi connectivity index (χ1) is 13.6. The van der Waals surface area contributed by atoms with Crippen molar-refractivity contribution in [2.75, 3.05) is 20.2 Å². The van der Waals surface area contributed by atoms with Gasteiger partial charge in [-0.05, 0) is 43.2 Å². The zero-order valence-corrected chi connectivity index (χ0v) is 16.6. The molecule has 0 aliphatic rings. The summed E-state index contributed by atoms with van der Waals surface area (Å²) < 4.78 is 6.75. The van der Waals surface area contributed by atoms with E-state index in [4.69, 9.17) is 4.74 Å². The topological polar surface area (TPSA) is 51.5 Å². The van der Waals surface area contributed by atoms with Crippen LogP contribution in [0.1, 0.15) is 37.0 Å². The van der Waals surface area contributed by atoms with Crippen molar-refractivity contribution < 1.29 is 9.53 Å². The molecule has 2 aromatic carbocycles. The molecule has 0 fully saturated rings. The first-order valence-corrected chi connectivity index (χ1v) is 9.68. The van der Waals surface area contributed by atoms with Gasteiger partial charge in [-0.15, -0.1) is 0 Å². The summed E-state index contributed by atoms with van der Waals surface area (Å²) in [6, 6.07) is 14.6. The maximum absolute atomic E-state index is 13.3. The van der Waals surface area contributed by atoms with Crippen LogP contribution in [0, 0.1) is 0 Å². The molecule has 0 aliphatic heterocycles. The van der Waals surface area contributed by atoms with Gasteiger partial charge in [0.2, 0.25) is 0 Å². The molecule has 1 aromatic heterocycles. The number of benzene rings is 2. The lowest BCUT2D eigenvalue weighted by molar-refractivity contribution is 0.0757. The normalized spacial score (nSPS) is 10.8. The fourth-order valence-corrected chi connectivity index (χ4v) is 3.42. The summed E-state index contributed by atoms with van der Waals surface area (Å²) in [5.41, 5.74) is 1.10. The van der Waals surface area contributed by atoms with E-state index < -0.39 is 0 Å². The Hall–Kier alpha value is -3.08. The Morgan fingerprint density at radius 2 is 1.57 bits per heavy atom. The molecule has 0 N–H and O–H groups in total. The monoisotopic (exact) mass is 378 g/mol. The Bertz CT molecular complexity index is 1020. The maximum atomic E-state index is 13.3. The number of hydrogen-bond donors (Lipinski definition) is 0. The van der Waals surface area contributed by atoms with Crippen LogP contribution < -0.4 is 10.3 Å². The van der Waals surface area contributed by atoms with Gasteiger partial charge in [0.05, 0.1) is 12.7 Å². The fraction of sp³-hybridized carbons (Fsp3) is 0.304. The Balaban J connectivity index is 2.20. The number of fused-ring (bicyclic) bond motifs is 1. The smallest absolute Gasteiger partial charge is 0.262 e. The van der Waals surface area contributed by atoms with E-state index in [9.17, 15) is 9.59 Å². The van der Waals surface area contributed by atoms with E-state index in [1.54, 1.807) is 36.1 Å². The minimum absolute atomic E-state index is 0.0397. The summed E-state index contributed by atoms with van der Waals surface area (Å²) in [5, 5.41) is 1.23.